The van der Waals surface area contributed by atoms with Gasteiger partial charge >= 0.3 is 0 Å². The van der Waals surface area contributed by atoms with Crippen molar-refractivity contribution in [2.24, 2.45) is 0 Å². The van der Waals surface area contributed by atoms with Crippen LogP contribution in [-0.4, -0.2) is 61.8 Å². The highest BCUT2D eigenvalue weighted by molar-refractivity contribution is 5.12. The normalized spacial score (nSPS) is 39.9. The van der Waals surface area contributed by atoms with Crippen LogP contribution in [0.4, 0.5) is 0 Å². The number of rotatable bonds is 2. The lowest BCUT2D eigenvalue weighted by atomic mass is 9.88. The van der Waals surface area contributed by atoms with Crippen molar-refractivity contribution < 1.29 is 25.2 Å². The molecule has 1 aliphatic rings. The summed E-state index contributed by atoms with van der Waals surface area (Å²) in [5.41, 5.74) is 0.399. The number of nitrogens with one attached hydrogen (secondary N) is 1. The molecule has 0 aromatic carbocycles. The lowest BCUT2D eigenvalue weighted by Crippen LogP contribution is -2.54. The van der Waals surface area contributed by atoms with Crippen LogP contribution >= 0.6 is 0 Å². The van der Waals surface area contributed by atoms with Crippen LogP contribution in [0.2, 0.25) is 0 Å². The first-order valence-electron chi connectivity index (χ1n) is 4.95. The van der Waals surface area contributed by atoms with Crippen molar-refractivity contribution in [2.45, 2.75) is 30.5 Å². The summed E-state index contributed by atoms with van der Waals surface area (Å²) in [6.07, 6.45) is -3.24. The number of aromatic nitrogens is 2. The minimum absolute atomic E-state index is 0.399. The van der Waals surface area contributed by atoms with E-state index in [1.807, 2.05) is 0 Å². The molecule has 2 heterocycles. The zero-order valence-corrected chi connectivity index (χ0v) is 8.39. The molecular formula is C9H14N2O5. The fourth-order valence-corrected chi connectivity index (χ4v) is 1.87. The summed E-state index contributed by atoms with van der Waals surface area (Å²) >= 11 is 0. The van der Waals surface area contributed by atoms with Gasteiger partial charge < -0.3 is 25.2 Å². The van der Waals surface area contributed by atoms with E-state index in [9.17, 15) is 15.3 Å². The van der Waals surface area contributed by atoms with Crippen LogP contribution in [0.25, 0.3) is 0 Å². The van der Waals surface area contributed by atoms with Crippen molar-refractivity contribution in [1.82, 2.24) is 10.2 Å². The molecule has 0 spiro atoms. The van der Waals surface area contributed by atoms with Gasteiger partial charge in [-0.05, 0) is 6.07 Å². The lowest BCUT2D eigenvalue weighted by molar-refractivity contribution is -0.252. The topological polar surface area (TPSA) is 119 Å². The molecule has 1 aliphatic heterocycles. The van der Waals surface area contributed by atoms with Gasteiger partial charge in [0.15, 0.2) is 6.29 Å². The summed E-state index contributed by atoms with van der Waals surface area (Å²) in [4.78, 5) is 0. The Kier molecular flexibility index (Phi) is 3.22. The van der Waals surface area contributed by atoms with Crippen LogP contribution in [0.3, 0.4) is 0 Å². The smallest absolute Gasteiger partial charge is 0.166 e. The molecule has 16 heavy (non-hydrogen) atoms. The van der Waals surface area contributed by atoms with Crippen molar-refractivity contribution in [3.8, 4) is 0 Å². The van der Waals surface area contributed by atoms with Gasteiger partial charge in [-0.2, -0.15) is 5.10 Å². The molecule has 5 N–H and O–H groups in total. The maximum atomic E-state index is 9.83. The van der Waals surface area contributed by atoms with Gasteiger partial charge in [-0.15, -0.1) is 0 Å². The second kappa shape index (κ2) is 4.48. The zero-order valence-electron chi connectivity index (χ0n) is 8.39. The molecule has 1 aromatic rings. The summed E-state index contributed by atoms with van der Waals surface area (Å²) < 4.78 is 5.00. The largest absolute Gasteiger partial charge is 0.394 e. The van der Waals surface area contributed by atoms with Gasteiger partial charge in [-0.3, -0.25) is 5.10 Å². The van der Waals surface area contributed by atoms with Crippen LogP contribution in [0.5, 0.6) is 0 Å². The fourth-order valence-electron chi connectivity index (χ4n) is 1.87. The molecule has 2 rings (SSSR count). The molecule has 7 nitrogen and oxygen atoms in total. The molecule has 0 saturated carbocycles. The number of aliphatic hydroxyl groups excluding tert-OH is 4. The summed E-state index contributed by atoms with van der Waals surface area (Å²) in [7, 11) is 0. The Bertz CT molecular complexity index is 331. The van der Waals surface area contributed by atoms with Crippen molar-refractivity contribution in [2.75, 3.05) is 6.61 Å². The maximum Gasteiger partial charge on any atom is 0.166 e. The highest BCUT2D eigenvalue weighted by atomic mass is 16.6. The second-order valence-electron chi connectivity index (χ2n) is 3.75. The summed E-state index contributed by atoms with van der Waals surface area (Å²) in [6.45, 7) is -0.470. The molecule has 0 aliphatic carbocycles. The molecule has 0 amide bonds. The van der Waals surface area contributed by atoms with Gasteiger partial charge in [0.05, 0.1) is 24.3 Å². The van der Waals surface area contributed by atoms with Gasteiger partial charge in [0.25, 0.3) is 0 Å². The number of nitrogens with zero attached hydrogens (tertiary/aromatic N) is 1. The Hall–Kier alpha value is -0.990. The molecule has 1 saturated heterocycles. The molecule has 1 aromatic heterocycles. The molecule has 1 fully saturated rings. The van der Waals surface area contributed by atoms with Crippen LogP contribution in [0.1, 0.15) is 11.6 Å². The van der Waals surface area contributed by atoms with E-state index >= 15 is 0 Å². The summed E-state index contributed by atoms with van der Waals surface area (Å²) in [5, 5.41) is 44.4. The average Bonchev–Trinajstić information content (AvgIpc) is 2.77. The molecule has 5 atom stereocenters. The number of H-pyrrole nitrogens is 1. The highest BCUT2D eigenvalue weighted by Crippen LogP contribution is 2.31. The van der Waals surface area contributed by atoms with Crippen LogP contribution in [0, 0.1) is 0 Å². The summed E-state index contributed by atoms with van der Waals surface area (Å²) in [5.74, 6) is -0.830. The van der Waals surface area contributed by atoms with Crippen LogP contribution < -0.4 is 0 Å². The van der Waals surface area contributed by atoms with Gasteiger partial charge in [0, 0.05) is 6.20 Å². The van der Waals surface area contributed by atoms with Gasteiger partial charge in [0.2, 0.25) is 0 Å². The van der Waals surface area contributed by atoms with Crippen molar-refractivity contribution in [3.63, 3.8) is 0 Å². The fraction of sp³-hybridized carbons (Fsp3) is 0.667. The molecule has 90 valence electrons. The molecule has 0 radical (unpaired) electrons. The van der Waals surface area contributed by atoms with Gasteiger partial charge in [0.1, 0.15) is 12.2 Å². The minimum Gasteiger partial charge on any atom is -0.394 e. The first-order chi connectivity index (χ1) is 7.65. The third-order valence-corrected chi connectivity index (χ3v) is 2.76. The van der Waals surface area contributed by atoms with Gasteiger partial charge in [-0.1, -0.05) is 0 Å². The standard InChI is InChI=1S/C9H14N2O5/c12-3-5-7(13)8(14)6(9(15)16-5)4-1-2-10-11-4/h1-2,5-9,12-15H,3H2,(H,10,11)/t5-,6-,7+,8-,9?/m1/s1. The van der Waals surface area contributed by atoms with Crippen molar-refractivity contribution >= 4 is 0 Å². The Morgan fingerprint density at radius 1 is 1.31 bits per heavy atom. The van der Waals surface area contributed by atoms with Crippen molar-refractivity contribution in [3.05, 3.63) is 18.0 Å². The minimum atomic E-state index is -1.31. The zero-order chi connectivity index (χ0) is 11.7. The van der Waals surface area contributed by atoms with Gasteiger partial charge in [-0.25, -0.2) is 0 Å². The third kappa shape index (κ3) is 1.83. The maximum absolute atomic E-state index is 9.83. The molecule has 1 unspecified atom stereocenters. The van der Waals surface area contributed by atoms with E-state index in [4.69, 9.17) is 9.84 Å². The number of hydrogen-bond acceptors (Lipinski definition) is 6. The number of ether oxygens (including phenoxy) is 1. The molecule has 0 bridgehead atoms. The van der Waals surface area contributed by atoms with E-state index in [2.05, 4.69) is 10.2 Å². The monoisotopic (exact) mass is 230 g/mol. The first-order valence-corrected chi connectivity index (χ1v) is 4.95. The predicted octanol–water partition coefficient (Wildman–Crippen LogP) is -2.08. The van der Waals surface area contributed by atoms with E-state index in [0.29, 0.717) is 5.69 Å². The lowest BCUT2D eigenvalue weighted by Gasteiger charge is -2.39. The molecular weight excluding hydrogens is 216 g/mol. The van der Waals surface area contributed by atoms with Crippen LogP contribution in [0.15, 0.2) is 12.3 Å². The second-order valence-corrected chi connectivity index (χ2v) is 3.75. The number of aromatic amines is 1. The van der Waals surface area contributed by atoms with E-state index in [1.165, 1.54) is 0 Å². The Balaban J connectivity index is 2.21. The van der Waals surface area contributed by atoms with E-state index < -0.39 is 37.1 Å². The third-order valence-electron chi connectivity index (χ3n) is 2.76. The van der Waals surface area contributed by atoms with E-state index in [-0.39, 0.29) is 0 Å². The average molecular weight is 230 g/mol. The van der Waals surface area contributed by atoms with E-state index in [1.54, 1.807) is 12.3 Å². The summed E-state index contributed by atoms with van der Waals surface area (Å²) in [6, 6.07) is 1.58. The Labute approximate surface area is 91.3 Å². The Morgan fingerprint density at radius 3 is 2.62 bits per heavy atom. The molecule has 7 heteroatoms. The Morgan fingerprint density at radius 2 is 2.06 bits per heavy atom. The SMILES string of the molecule is OC[C@H]1OC(O)[C@H](c2cc[nH]n2)[C@@H](O)[C@H]1O. The van der Waals surface area contributed by atoms with Crippen molar-refractivity contribution in [1.29, 1.82) is 0 Å². The number of hydrogen-bond donors (Lipinski definition) is 5. The van der Waals surface area contributed by atoms with E-state index in [0.717, 1.165) is 0 Å². The highest BCUT2D eigenvalue weighted by Gasteiger charge is 2.45. The quantitative estimate of drug-likeness (QED) is 0.398. The van der Waals surface area contributed by atoms with Crippen LogP contribution in [-0.2, 0) is 4.74 Å². The number of aliphatic hydroxyl groups is 4. The predicted molar refractivity (Wildman–Crippen MR) is 51.3 cm³/mol. The first kappa shape index (κ1) is 11.5.